The van der Waals surface area contributed by atoms with E-state index in [9.17, 15) is 15.4 Å². The fourth-order valence-electron chi connectivity index (χ4n) is 8.28. The van der Waals surface area contributed by atoms with Gasteiger partial charge in [0.1, 0.15) is 23.2 Å². The Morgan fingerprint density at radius 1 is 1.28 bits per heavy atom. The summed E-state index contributed by atoms with van der Waals surface area (Å²) in [7, 11) is 0. The lowest BCUT2D eigenvalue weighted by atomic mass is 9.51. The first kappa shape index (κ1) is 18.4. The van der Waals surface area contributed by atoms with Gasteiger partial charge < -0.3 is 29.5 Å². The summed E-state index contributed by atoms with van der Waals surface area (Å²) < 4.78 is 12.7. The standard InChI is InChI=1S/C23H31NO5/c1-4-6-14-13(3)15-12-16-22(28-11-5-2)8-7-17(25)23-21(22,9-10-24(16,23)27)18(15)20(29-23)19(14)26/h16-17,25-26H,4-12H2,1-3H3/t16?,17-,21+,22?,23+,24-/m0/s1. The number of fused-ring (bicyclic) bond motifs is 1. The second kappa shape index (κ2) is 5.28. The van der Waals surface area contributed by atoms with Crippen LogP contribution in [0.5, 0.6) is 11.5 Å². The van der Waals surface area contributed by atoms with Crippen molar-refractivity contribution in [2.24, 2.45) is 0 Å². The number of quaternary nitrogens is 1. The van der Waals surface area contributed by atoms with Crippen molar-refractivity contribution in [3.8, 4) is 11.5 Å². The number of phenols is 1. The SMILES string of the molecule is CCCOC12CC[C@H](O)[C@@]34Oc5c(O)c(CCC)c(C)c6c5[C@]13CC[N@+]4([O-])C2C6. The molecule has 6 heteroatoms. The number of piperidine rings is 1. The zero-order chi connectivity index (χ0) is 20.4. The predicted octanol–water partition coefficient (Wildman–Crippen LogP) is 2.96. The van der Waals surface area contributed by atoms with E-state index >= 15 is 0 Å². The van der Waals surface area contributed by atoms with Crippen LogP contribution in [0.3, 0.4) is 0 Å². The second-order valence-electron chi connectivity index (χ2n) is 9.87. The molecule has 6 nitrogen and oxygen atoms in total. The molecule has 1 spiro atoms. The minimum absolute atomic E-state index is 0.182. The average Bonchev–Trinajstić information content (AvgIpc) is 3.17. The third-order valence-corrected chi connectivity index (χ3v) is 9.08. The first-order valence-corrected chi connectivity index (χ1v) is 11.3. The number of aromatic hydroxyl groups is 1. The molecule has 5 bridgehead atoms. The molecule has 0 radical (unpaired) electrons. The lowest BCUT2D eigenvalue weighted by molar-refractivity contribution is -0.956. The van der Waals surface area contributed by atoms with Gasteiger partial charge in [-0.05, 0) is 43.7 Å². The van der Waals surface area contributed by atoms with Gasteiger partial charge in [-0.25, -0.2) is 0 Å². The molecule has 6 atom stereocenters. The molecule has 1 saturated carbocycles. The molecule has 6 rings (SSSR count). The number of rotatable bonds is 5. The Morgan fingerprint density at radius 3 is 2.79 bits per heavy atom. The van der Waals surface area contributed by atoms with Crippen LogP contribution in [0.25, 0.3) is 0 Å². The third kappa shape index (κ3) is 1.51. The van der Waals surface area contributed by atoms with Crippen molar-refractivity contribution in [1.82, 2.24) is 0 Å². The highest BCUT2D eigenvalue weighted by atomic mass is 16.7. The summed E-state index contributed by atoms with van der Waals surface area (Å²) in [6, 6.07) is -0.252. The molecule has 5 aliphatic rings. The van der Waals surface area contributed by atoms with Gasteiger partial charge >= 0.3 is 0 Å². The summed E-state index contributed by atoms with van der Waals surface area (Å²) in [5.41, 5.74) is 1.67. The minimum Gasteiger partial charge on any atom is -0.630 e. The van der Waals surface area contributed by atoms with Gasteiger partial charge in [0.25, 0.3) is 5.72 Å². The summed E-state index contributed by atoms with van der Waals surface area (Å²) in [6.07, 6.45) is 4.25. The van der Waals surface area contributed by atoms with Crippen LogP contribution in [-0.4, -0.2) is 51.5 Å². The third-order valence-electron chi connectivity index (χ3n) is 9.08. The van der Waals surface area contributed by atoms with Crippen LogP contribution < -0.4 is 4.74 Å². The van der Waals surface area contributed by atoms with E-state index in [0.717, 1.165) is 36.0 Å². The van der Waals surface area contributed by atoms with Crippen molar-refractivity contribution in [3.05, 3.63) is 27.5 Å². The van der Waals surface area contributed by atoms with Gasteiger partial charge in [0.2, 0.25) is 0 Å². The molecule has 0 aromatic heterocycles. The summed E-state index contributed by atoms with van der Waals surface area (Å²) in [5.74, 6) is 0.650. The van der Waals surface area contributed by atoms with Crippen LogP contribution in [0.4, 0.5) is 0 Å². The number of benzene rings is 1. The van der Waals surface area contributed by atoms with Crippen LogP contribution in [-0.2, 0) is 23.0 Å². The second-order valence-corrected chi connectivity index (χ2v) is 9.87. The molecule has 29 heavy (non-hydrogen) atoms. The van der Waals surface area contributed by atoms with Gasteiger partial charge in [-0.15, -0.1) is 0 Å². The van der Waals surface area contributed by atoms with E-state index < -0.39 is 27.5 Å². The van der Waals surface area contributed by atoms with E-state index in [1.807, 2.05) is 0 Å². The van der Waals surface area contributed by atoms with Gasteiger partial charge in [0.05, 0.1) is 6.54 Å². The van der Waals surface area contributed by atoms with Gasteiger partial charge in [-0.2, -0.15) is 0 Å². The first-order valence-electron chi connectivity index (χ1n) is 11.3. The number of hydroxylamine groups is 3. The highest BCUT2D eigenvalue weighted by Crippen LogP contribution is 2.80. The van der Waals surface area contributed by atoms with Crippen molar-refractivity contribution in [3.63, 3.8) is 0 Å². The molecule has 2 aliphatic carbocycles. The Morgan fingerprint density at radius 2 is 2.07 bits per heavy atom. The molecule has 158 valence electrons. The van der Waals surface area contributed by atoms with E-state index in [4.69, 9.17) is 9.47 Å². The lowest BCUT2D eigenvalue weighted by Gasteiger charge is -2.54. The maximum Gasteiger partial charge on any atom is 0.282 e. The fourth-order valence-corrected chi connectivity index (χ4v) is 8.28. The quantitative estimate of drug-likeness (QED) is 0.586. The number of aliphatic hydroxyl groups is 1. The molecule has 3 aliphatic heterocycles. The molecule has 2 unspecified atom stereocenters. The van der Waals surface area contributed by atoms with Gasteiger partial charge in [0.15, 0.2) is 11.5 Å². The van der Waals surface area contributed by atoms with Crippen molar-refractivity contribution in [2.45, 2.75) is 94.6 Å². The highest BCUT2D eigenvalue weighted by Gasteiger charge is 2.95. The maximum atomic E-state index is 14.6. The smallest absolute Gasteiger partial charge is 0.282 e. The fraction of sp³-hybridized carbons (Fsp3) is 0.739. The van der Waals surface area contributed by atoms with E-state index in [2.05, 4.69) is 20.8 Å². The molecule has 3 fully saturated rings. The van der Waals surface area contributed by atoms with Crippen molar-refractivity contribution in [2.75, 3.05) is 13.2 Å². The van der Waals surface area contributed by atoms with Gasteiger partial charge in [-0.3, -0.25) is 0 Å². The predicted molar refractivity (Wildman–Crippen MR) is 107 cm³/mol. The topological polar surface area (TPSA) is 82.0 Å². The summed E-state index contributed by atoms with van der Waals surface area (Å²) in [5, 5.41) is 37.1. The Kier molecular flexibility index (Phi) is 3.36. The van der Waals surface area contributed by atoms with E-state index in [1.165, 1.54) is 5.56 Å². The van der Waals surface area contributed by atoms with Crippen molar-refractivity contribution in [1.29, 1.82) is 0 Å². The highest BCUT2D eigenvalue weighted by molar-refractivity contribution is 5.69. The molecule has 0 amide bonds. The largest absolute Gasteiger partial charge is 0.630 e. The molecule has 2 saturated heterocycles. The zero-order valence-corrected chi connectivity index (χ0v) is 17.6. The van der Waals surface area contributed by atoms with Gasteiger partial charge in [0, 0.05) is 30.6 Å². The molecule has 2 N–H and O–H groups in total. The van der Waals surface area contributed by atoms with Crippen LogP contribution in [0, 0.1) is 12.1 Å². The average molecular weight is 402 g/mol. The minimum atomic E-state index is -1.27. The summed E-state index contributed by atoms with van der Waals surface area (Å²) in [6.45, 7) is 7.33. The maximum absolute atomic E-state index is 14.6. The molecular formula is C23H31NO5. The Hall–Kier alpha value is -1.34. The number of ether oxygens (including phenoxy) is 2. The Bertz CT molecular complexity index is 929. The van der Waals surface area contributed by atoms with Crippen LogP contribution in [0.2, 0.25) is 0 Å². The molecule has 3 heterocycles. The number of aliphatic hydroxyl groups excluding tert-OH is 1. The number of phenolic OH excluding ortho intramolecular Hbond substituents is 1. The number of hydrogen-bond acceptors (Lipinski definition) is 5. The van der Waals surface area contributed by atoms with E-state index in [-0.39, 0.29) is 11.8 Å². The Balaban J connectivity index is 1.71. The van der Waals surface area contributed by atoms with Crippen molar-refractivity contribution >= 4 is 0 Å². The van der Waals surface area contributed by atoms with Crippen LogP contribution in [0.15, 0.2) is 0 Å². The van der Waals surface area contributed by atoms with E-state index in [0.29, 0.717) is 44.6 Å². The van der Waals surface area contributed by atoms with E-state index in [1.54, 1.807) is 0 Å². The molecule has 1 aromatic carbocycles. The number of hydrogen-bond donors (Lipinski definition) is 2. The Labute approximate surface area is 171 Å². The number of nitrogens with zero attached hydrogens (tertiary/aromatic N) is 1. The van der Waals surface area contributed by atoms with Crippen LogP contribution in [0.1, 0.15) is 68.2 Å². The monoisotopic (exact) mass is 401 g/mol. The van der Waals surface area contributed by atoms with Crippen molar-refractivity contribution < 1.29 is 24.3 Å². The first-order chi connectivity index (χ1) is 13.9. The van der Waals surface area contributed by atoms with Crippen LogP contribution >= 0.6 is 0 Å². The zero-order valence-electron chi connectivity index (χ0n) is 17.6. The molecular weight excluding hydrogens is 370 g/mol. The summed E-state index contributed by atoms with van der Waals surface area (Å²) in [4.78, 5) is 0. The van der Waals surface area contributed by atoms with Gasteiger partial charge in [-0.1, -0.05) is 20.3 Å². The normalized spacial score (nSPS) is 45.0. The summed E-state index contributed by atoms with van der Waals surface area (Å²) >= 11 is 0. The molecule has 1 aromatic rings. The lowest BCUT2D eigenvalue weighted by Crippen LogP contribution is -2.69.